The van der Waals surface area contributed by atoms with E-state index in [1.807, 2.05) is 0 Å². The smallest absolute Gasteiger partial charge is 0.0619 e. The molecule has 1 N–H and O–H groups in total. The fourth-order valence-electron chi connectivity index (χ4n) is 2.06. The van der Waals surface area contributed by atoms with Gasteiger partial charge in [0.1, 0.15) is 0 Å². The van der Waals surface area contributed by atoms with Crippen molar-refractivity contribution >= 4 is 0 Å². The average Bonchev–Trinajstić information content (AvgIpc) is 2.20. The van der Waals surface area contributed by atoms with Crippen molar-refractivity contribution in [1.82, 2.24) is 10.2 Å². The van der Waals surface area contributed by atoms with Gasteiger partial charge in [0.15, 0.2) is 0 Å². The number of hydrogen-bond donors (Lipinski definition) is 1. The highest BCUT2D eigenvalue weighted by Gasteiger charge is 2.23. The molecule has 1 heterocycles. The van der Waals surface area contributed by atoms with E-state index in [0.717, 1.165) is 32.8 Å². The molecule has 2 atom stereocenters. The first-order valence-corrected chi connectivity index (χ1v) is 6.20. The van der Waals surface area contributed by atoms with Crippen molar-refractivity contribution in [2.45, 2.75) is 39.8 Å². The highest BCUT2D eigenvalue weighted by atomic mass is 16.5. The lowest BCUT2D eigenvalue weighted by Gasteiger charge is -2.37. The topological polar surface area (TPSA) is 24.5 Å². The number of rotatable bonds is 5. The predicted molar refractivity (Wildman–Crippen MR) is 64.2 cm³/mol. The molecule has 3 nitrogen and oxygen atoms in total. The van der Waals surface area contributed by atoms with E-state index in [2.05, 4.69) is 37.9 Å². The van der Waals surface area contributed by atoms with Crippen LogP contribution in [0.15, 0.2) is 0 Å². The highest BCUT2D eigenvalue weighted by Crippen LogP contribution is 2.10. The minimum atomic E-state index is 0.568. The summed E-state index contributed by atoms with van der Waals surface area (Å²) in [6.07, 6.45) is 0. The van der Waals surface area contributed by atoms with Crippen LogP contribution in [-0.4, -0.2) is 49.8 Å². The van der Waals surface area contributed by atoms with Crippen LogP contribution in [0, 0.1) is 5.92 Å². The third-order valence-electron chi connectivity index (χ3n) is 3.21. The first kappa shape index (κ1) is 12.9. The maximum absolute atomic E-state index is 5.45. The van der Waals surface area contributed by atoms with Gasteiger partial charge in [0.25, 0.3) is 0 Å². The number of ether oxygens (including phenoxy) is 1. The maximum Gasteiger partial charge on any atom is 0.0619 e. The van der Waals surface area contributed by atoms with E-state index in [1.54, 1.807) is 0 Å². The van der Waals surface area contributed by atoms with Crippen LogP contribution in [0.3, 0.4) is 0 Å². The molecule has 90 valence electrons. The number of morpholine rings is 1. The number of hydrogen-bond acceptors (Lipinski definition) is 3. The fourth-order valence-corrected chi connectivity index (χ4v) is 2.06. The Balaban J connectivity index is 2.41. The van der Waals surface area contributed by atoms with Crippen LogP contribution in [0.25, 0.3) is 0 Å². The Morgan fingerprint density at radius 1 is 1.47 bits per heavy atom. The van der Waals surface area contributed by atoms with E-state index in [9.17, 15) is 0 Å². The molecule has 1 saturated heterocycles. The van der Waals surface area contributed by atoms with E-state index in [4.69, 9.17) is 4.74 Å². The summed E-state index contributed by atoms with van der Waals surface area (Å²) in [5.74, 6) is 0.694. The highest BCUT2D eigenvalue weighted by molar-refractivity contribution is 4.79. The second kappa shape index (κ2) is 6.46. The minimum Gasteiger partial charge on any atom is -0.379 e. The summed E-state index contributed by atoms with van der Waals surface area (Å²) in [7, 11) is 0. The van der Waals surface area contributed by atoms with Crippen LogP contribution < -0.4 is 5.32 Å². The predicted octanol–water partition coefficient (Wildman–Crippen LogP) is 1.34. The van der Waals surface area contributed by atoms with E-state index in [1.165, 1.54) is 0 Å². The van der Waals surface area contributed by atoms with E-state index in [-0.39, 0.29) is 0 Å². The molecule has 1 aliphatic heterocycles. The molecule has 1 fully saturated rings. The van der Waals surface area contributed by atoms with Crippen LogP contribution in [-0.2, 0) is 4.74 Å². The standard InChI is InChI=1S/C12H26N2O/c1-5-13-12(10(2)3)8-14-6-7-15-9-11(14)4/h10-13H,5-9H2,1-4H3. The van der Waals surface area contributed by atoms with Crippen molar-refractivity contribution in [3.8, 4) is 0 Å². The summed E-state index contributed by atoms with van der Waals surface area (Å²) in [6, 6.07) is 1.18. The van der Waals surface area contributed by atoms with Gasteiger partial charge in [-0.25, -0.2) is 0 Å². The summed E-state index contributed by atoms with van der Waals surface area (Å²) in [5, 5.41) is 3.57. The second-order valence-corrected chi connectivity index (χ2v) is 4.83. The third kappa shape index (κ3) is 4.09. The van der Waals surface area contributed by atoms with Gasteiger partial charge in [-0.15, -0.1) is 0 Å². The molecule has 0 radical (unpaired) electrons. The van der Waals surface area contributed by atoms with Crippen molar-refractivity contribution in [3.63, 3.8) is 0 Å². The lowest BCUT2D eigenvalue weighted by atomic mass is 10.0. The summed E-state index contributed by atoms with van der Waals surface area (Å²) < 4.78 is 5.45. The summed E-state index contributed by atoms with van der Waals surface area (Å²) in [5.41, 5.74) is 0. The molecular weight excluding hydrogens is 188 g/mol. The minimum absolute atomic E-state index is 0.568. The number of nitrogens with zero attached hydrogens (tertiary/aromatic N) is 1. The molecule has 0 aromatic heterocycles. The maximum atomic E-state index is 5.45. The molecule has 15 heavy (non-hydrogen) atoms. The molecular formula is C12H26N2O. The molecule has 2 unspecified atom stereocenters. The van der Waals surface area contributed by atoms with Gasteiger partial charge in [-0.05, 0) is 19.4 Å². The van der Waals surface area contributed by atoms with E-state index >= 15 is 0 Å². The van der Waals surface area contributed by atoms with E-state index in [0.29, 0.717) is 18.0 Å². The van der Waals surface area contributed by atoms with Crippen LogP contribution in [0.5, 0.6) is 0 Å². The molecule has 0 aromatic carbocycles. The zero-order chi connectivity index (χ0) is 11.3. The van der Waals surface area contributed by atoms with Crippen LogP contribution >= 0.6 is 0 Å². The summed E-state index contributed by atoms with van der Waals surface area (Å²) in [6.45, 7) is 14.1. The normalized spacial score (nSPS) is 25.8. The Morgan fingerprint density at radius 3 is 2.73 bits per heavy atom. The van der Waals surface area contributed by atoms with Gasteiger partial charge >= 0.3 is 0 Å². The van der Waals surface area contributed by atoms with Gasteiger partial charge in [-0.2, -0.15) is 0 Å². The largest absolute Gasteiger partial charge is 0.379 e. The first-order valence-electron chi connectivity index (χ1n) is 6.20. The van der Waals surface area contributed by atoms with Gasteiger partial charge in [-0.3, -0.25) is 4.90 Å². The Labute approximate surface area is 94.2 Å². The zero-order valence-electron chi connectivity index (χ0n) is 10.6. The molecule has 0 saturated carbocycles. The van der Waals surface area contributed by atoms with Crippen molar-refractivity contribution in [1.29, 1.82) is 0 Å². The summed E-state index contributed by atoms with van der Waals surface area (Å²) in [4.78, 5) is 2.54. The van der Waals surface area contributed by atoms with Gasteiger partial charge < -0.3 is 10.1 Å². The van der Waals surface area contributed by atoms with Gasteiger partial charge in [0.2, 0.25) is 0 Å². The molecule has 3 heteroatoms. The van der Waals surface area contributed by atoms with E-state index < -0.39 is 0 Å². The monoisotopic (exact) mass is 214 g/mol. The molecule has 0 bridgehead atoms. The fraction of sp³-hybridized carbons (Fsp3) is 1.00. The first-order chi connectivity index (χ1) is 7.15. The Bertz CT molecular complexity index is 171. The van der Waals surface area contributed by atoms with Gasteiger partial charge in [-0.1, -0.05) is 20.8 Å². The molecule has 0 aliphatic carbocycles. The number of likely N-dealkylation sites (N-methyl/N-ethyl adjacent to an activating group) is 1. The SMILES string of the molecule is CCNC(CN1CCOCC1C)C(C)C. The molecule has 0 aromatic rings. The summed E-state index contributed by atoms with van der Waals surface area (Å²) >= 11 is 0. The molecule has 0 amide bonds. The Kier molecular flexibility index (Phi) is 5.58. The third-order valence-corrected chi connectivity index (χ3v) is 3.21. The lowest BCUT2D eigenvalue weighted by molar-refractivity contribution is -0.00649. The average molecular weight is 214 g/mol. The van der Waals surface area contributed by atoms with Gasteiger partial charge in [0, 0.05) is 25.2 Å². The molecule has 1 aliphatic rings. The van der Waals surface area contributed by atoms with Gasteiger partial charge in [0.05, 0.1) is 13.2 Å². The Hall–Kier alpha value is -0.120. The lowest BCUT2D eigenvalue weighted by Crippen LogP contribution is -2.51. The number of nitrogens with one attached hydrogen (secondary N) is 1. The second-order valence-electron chi connectivity index (χ2n) is 4.83. The van der Waals surface area contributed by atoms with Crippen LogP contribution in [0.1, 0.15) is 27.7 Å². The molecule has 1 rings (SSSR count). The van der Waals surface area contributed by atoms with Crippen molar-refractivity contribution in [3.05, 3.63) is 0 Å². The van der Waals surface area contributed by atoms with Crippen molar-refractivity contribution in [2.24, 2.45) is 5.92 Å². The van der Waals surface area contributed by atoms with Crippen LogP contribution in [0.2, 0.25) is 0 Å². The van der Waals surface area contributed by atoms with Crippen molar-refractivity contribution < 1.29 is 4.74 Å². The molecule has 0 spiro atoms. The van der Waals surface area contributed by atoms with Crippen LogP contribution in [0.4, 0.5) is 0 Å². The van der Waals surface area contributed by atoms with Crippen molar-refractivity contribution in [2.75, 3.05) is 32.8 Å². The Morgan fingerprint density at radius 2 is 2.20 bits per heavy atom. The quantitative estimate of drug-likeness (QED) is 0.747. The zero-order valence-corrected chi connectivity index (χ0v) is 10.6.